The maximum atomic E-state index is 13.7. The third-order valence-corrected chi connectivity index (χ3v) is 5.99. The van der Waals surface area contributed by atoms with Crippen LogP contribution in [-0.2, 0) is 10.2 Å². The lowest BCUT2D eigenvalue weighted by atomic mass is 9.70. The van der Waals surface area contributed by atoms with Crippen molar-refractivity contribution in [3.8, 4) is 0 Å². The fourth-order valence-corrected chi connectivity index (χ4v) is 4.75. The molecule has 4 nitrogen and oxygen atoms in total. The molecule has 1 spiro atoms. The highest BCUT2D eigenvalue weighted by Crippen LogP contribution is 2.52. The van der Waals surface area contributed by atoms with Gasteiger partial charge in [-0.1, -0.05) is 67.8 Å². The number of hydrogen-bond acceptors (Lipinski definition) is 3. The summed E-state index contributed by atoms with van der Waals surface area (Å²) in [6.07, 6.45) is 3.94. The Morgan fingerprint density at radius 3 is 2.31 bits per heavy atom. The second-order valence-corrected chi connectivity index (χ2v) is 7.44. The normalized spacial score (nSPS) is 20.8. The van der Waals surface area contributed by atoms with Gasteiger partial charge < -0.3 is 15.1 Å². The molecule has 0 radical (unpaired) electrons. The summed E-state index contributed by atoms with van der Waals surface area (Å²) in [7, 11) is 0. The predicted octanol–water partition coefficient (Wildman–Crippen LogP) is 3.33. The zero-order chi connectivity index (χ0) is 18.1. The molecule has 2 atom stereocenters. The summed E-state index contributed by atoms with van der Waals surface area (Å²) in [5, 5.41) is 20.3. The molecule has 1 amide bonds. The molecule has 0 bridgehead atoms. The van der Waals surface area contributed by atoms with Gasteiger partial charge in [0.05, 0.1) is 18.1 Å². The summed E-state index contributed by atoms with van der Waals surface area (Å²) in [6.45, 7) is -0.390. The summed E-state index contributed by atoms with van der Waals surface area (Å²) >= 11 is 0. The number of carbonyl (C=O) groups is 1. The van der Waals surface area contributed by atoms with Gasteiger partial charge >= 0.3 is 0 Å². The van der Waals surface area contributed by atoms with E-state index in [1.54, 1.807) is 4.90 Å². The average molecular weight is 351 g/mol. The van der Waals surface area contributed by atoms with Crippen LogP contribution in [0.2, 0.25) is 0 Å². The van der Waals surface area contributed by atoms with Gasteiger partial charge in [0.2, 0.25) is 5.91 Å². The van der Waals surface area contributed by atoms with Crippen molar-refractivity contribution in [2.24, 2.45) is 0 Å². The van der Waals surface area contributed by atoms with Crippen LogP contribution >= 0.6 is 0 Å². The molecular formula is C22H25NO3. The Morgan fingerprint density at radius 1 is 0.962 bits per heavy atom. The van der Waals surface area contributed by atoms with E-state index in [-0.39, 0.29) is 5.91 Å². The van der Waals surface area contributed by atoms with Crippen molar-refractivity contribution in [3.05, 3.63) is 65.7 Å². The number of benzene rings is 2. The predicted molar refractivity (Wildman–Crippen MR) is 101 cm³/mol. The van der Waals surface area contributed by atoms with E-state index in [9.17, 15) is 15.0 Å². The lowest BCUT2D eigenvalue weighted by molar-refractivity contribution is -0.125. The third-order valence-electron chi connectivity index (χ3n) is 5.99. The molecule has 136 valence electrons. The summed E-state index contributed by atoms with van der Waals surface area (Å²) in [6, 6.07) is 16.9. The Kier molecular flexibility index (Phi) is 4.55. The lowest BCUT2D eigenvalue weighted by Gasteiger charge is -2.36. The van der Waals surface area contributed by atoms with Crippen LogP contribution in [0.1, 0.15) is 49.3 Å². The van der Waals surface area contributed by atoms with Gasteiger partial charge in [0.25, 0.3) is 0 Å². The molecule has 1 aliphatic heterocycles. The Morgan fingerprint density at radius 2 is 1.62 bits per heavy atom. The average Bonchev–Trinajstić information content (AvgIpc) is 2.93. The first-order valence-electron chi connectivity index (χ1n) is 9.46. The van der Waals surface area contributed by atoms with E-state index in [4.69, 9.17) is 0 Å². The second kappa shape index (κ2) is 6.86. The van der Waals surface area contributed by atoms with Crippen LogP contribution in [0.25, 0.3) is 0 Å². The van der Waals surface area contributed by atoms with Gasteiger partial charge in [-0.2, -0.15) is 0 Å². The van der Waals surface area contributed by atoms with Crippen molar-refractivity contribution in [2.75, 3.05) is 11.5 Å². The third kappa shape index (κ3) is 2.56. The summed E-state index contributed by atoms with van der Waals surface area (Å²) in [5.74, 6) is 0.0692. The second-order valence-electron chi connectivity index (χ2n) is 7.44. The molecule has 0 saturated heterocycles. The molecule has 1 saturated carbocycles. The Hall–Kier alpha value is -2.17. The SMILES string of the molecule is O=C1N([C@@H](c2ccccc2)[C@H](O)CO)c2ccccc2C12CCCCC2. The van der Waals surface area contributed by atoms with Gasteiger partial charge in [-0.15, -0.1) is 0 Å². The number of anilines is 1. The highest BCUT2D eigenvalue weighted by atomic mass is 16.3. The number of fused-ring (bicyclic) bond motifs is 2. The molecule has 4 heteroatoms. The van der Waals surface area contributed by atoms with E-state index >= 15 is 0 Å². The molecule has 2 N–H and O–H groups in total. The van der Waals surface area contributed by atoms with Crippen LogP contribution in [0, 0.1) is 0 Å². The molecule has 1 fully saturated rings. The molecule has 2 aromatic carbocycles. The summed E-state index contributed by atoms with van der Waals surface area (Å²) in [4.78, 5) is 15.5. The van der Waals surface area contributed by atoms with Crippen molar-refractivity contribution >= 4 is 11.6 Å². The molecular weight excluding hydrogens is 326 g/mol. The van der Waals surface area contributed by atoms with E-state index in [2.05, 4.69) is 6.07 Å². The largest absolute Gasteiger partial charge is 0.394 e. The van der Waals surface area contributed by atoms with Crippen LogP contribution in [0.15, 0.2) is 54.6 Å². The number of rotatable bonds is 4. The number of amides is 1. The number of aliphatic hydroxyl groups excluding tert-OH is 2. The van der Waals surface area contributed by atoms with Crippen LogP contribution in [0.5, 0.6) is 0 Å². The van der Waals surface area contributed by atoms with Crippen molar-refractivity contribution in [1.82, 2.24) is 0 Å². The number of aliphatic hydroxyl groups is 2. The number of carbonyl (C=O) groups excluding carboxylic acids is 1. The fourth-order valence-electron chi connectivity index (χ4n) is 4.75. The van der Waals surface area contributed by atoms with Crippen molar-refractivity contribution in [3.63, 3.8) is 0 Å². The zero-order valence-electron chi connectivity index (χ0n) is 14.8. The van der Waals surface area contributed by atoms with Gasteiger partial charge in [0, 0.05) is 5.69 Å². The van der Waals surface area contributed by atoms with Crippen molar-refractivity contribution in [2.45, 2.75) is 49.7 Å². The molecule has 0 aromatic heterocycles. The topological polar surface area (TPSA) is 60.8 Å². The Labute approximate surface area is 154 Å². The summed E-state index contributed by atoms with van der Waals surface area (Å²) in [5.41, 5.74) is 2.32. The van der Waals surface area contributed by atoms with E-state index in [0.717, 1.165) is 42.5 Å². The van der Waals surface area contributed by atoms with Crippen LogP contribution < -0.4 is 4.90 Å². The van der Waals surface area contributed by atoms with E-state index in [0.29, 0.717) is 0 Å². The summed E-state index contributed by atoms with van der Waals surface area (Å²) < 4.78 is 0. The van der Waals surface area contributed by atoms with E-state index < -0.39 is 24.2 Å². The molecule has 0 unspecified atom stereocenters. The minimum absolute atomic E-state index is 0.0692. The van der Waals surface area contributed by atoms with E-state index in [1.807, 2.05) is 48.5 Å². The van der Waals surface area contributed by atoms with Crippen LogP contribution in [0.4, 0.5) is 5.69 Å². The maximum absolute atomic E-state index is 13.7. The highest BCUT2D eigenvalue weighted by molar-refractivity contribution is 6.08. The molecule has 1 heterocycles. The van der Waals surface area contributed by atoms with Gasteiger partial charge in [-0.25, -0.2) is 0 Å². The quantitative estimate of drug-likeness (QED) is 0.888. The van der Waals surface area contributed by atoms with Crippen molar-refractivity contribution < 1.29 is 15.0 Å². The lowest BCUT2D eigenvalue weighted by Crippen LogP contribution is -2.46. The minimum atomic E-state index is -1.03. The van der Waals surface area contributed by atoms with Crippen LogP contribution in [0.3, 0.4) is 0 Å². The molecule has 2 aromatic rings. The highest BCUT2D eigenvalue weighted by Gasteiger charge is 2.53. The van der Waals surface area contributed by atoms with Crippen LogP contribution in [-0.4, -0.2) is 28.8 Å². The standard InChI is InChI=1S/C22H25NO3/c24-15-19(25)20(16-9-3-1-4-10-16)23-18-12-6-5-11-17(18)22(21(23)26)13-7-2-8-14-22/h1,3-6,9-12,19-20,24-25H,2,7-8,13-15H2/t19-,20+/m1/s1. The van der Waals surface area contributed by atoms with E-state index in [1.165, 1.54) is 6.42 Å². The van der Waals surface area contributed by atoms with Gasteiger partial charge in [0.1, 0.15) is 6.10 Å². The van der Waals surface area contributed by atoms with Gasteiger partial charge in [-0.3, -0.25) is 4.79 Å². The first kappa shape index (κ1) is 17.3. The number of para-hydroxylation sites is 1. The number of hydrogen-bond donors (Lipinski definition) is 2. The Balaban J connectivity index is 1.86. The molecule has 1 aliphatic carbocycles. The first-order chi connectivity index (χ1) is 12.7. The first-order valence-corrected chi connectivity index (χ1v) is 9.46. The Bertz CT molecular complexity index is 783. The zero-order valence-corrected chi connectivity index (χ0v) is 14.8. The molecule has 26 heavy (non-hydrogen) atoms. The minimum Gasteiger partial charge on any atom is -0.394 e. The fraction of sp³-hybridized carbons (Fsp3) is 0.409. The monoisotopic (exact) mass is 351 g/mol. The van der Waals surface area contributed by atoms with Gasteiger partial charge in [-0.05, 0) is 30.0 Å². The molecule has 4 rings (SSSR count). The van der Waals surface area contributed by atoms with Gasteiger partial charge in [0.15, 0.2) is 0 Å². The molecule has 2 aliphatic rings. The smallest absolute Gasteiger partial charge is 0.238 e. The van der Waals surface area contributed by atoms with Crippen molar-refractivity contribution in [1.29, 1.82) is 0 Å². The maximum Gasteiger partial charge on any atom is 0.238 e. The number of nitrogens with zero attached hydrogens (tertiary/aromatic N) is 1.